The number of carbonyl (C=O) groups excluding carboxylic acids is 2. The third-order valence-electron chi connectivity index (χ3n) is 5.57. The average Bonchev–Trinajstić information content (AvgIpc) is 2.75. The minimum absolute atomic E-state index is 0.0754. The second kappa shape index (κ2) is 9.45. The molecule has 6 nitrogen and oxygen atoms in total. The summed E-state index contributed by atoms with van der Waals surface area (Å²) in [6, 6.07) is 11.4. The van der Waals surface area contributed by atoms with E-state index in [0.29, 0.717) is 16.1 Å². The van der Waals surface area contributed by atoms with Crippen molar-refractivity contribution in [3.63, 3.8) is 0 Å². The predicted molar refractivity (Wildman–Crippen MR) is 116 cm³/mol. The Hall–Kier alpha value is -2.64. The number of anilines is 1. The van der Waals surface area contributed by atoms with Crippen molar-refractivity contribution >= 4 is 29.1 Å². The number of halogens is 2. The van der Waals surface area contributed by atoms with Gasteiger partial charge in [0.2, 0.25) is 11.8 Å². The molecule has 2 N–H and O–H groups in total. The zero-order chi connectivity index (χ0) is 21.8. The highest BCUT2D eigenvalue weighted by atomic mass is 35.5. The molecular weight excluding hydrogens is 407 g/mol. The summed E-state index contributed by atoms with van der Waals surface area (Å²) in [6.07, 6.45) is 0. The summed E-state index contributed by atoms with van der Waals surface area (Å²) in [6.45, 7) is 4.96. The van der Waals surface area contributed by atoms with Gasteiger partial charge in [0.05, 0.1) is 6.04 Å². The van der Waals surface area contributed by atoms with Crippen LogP contribution in [0.3, 0.4) is 0 Å². The van der Waals surface area contributed by atoms with Gasteiger partial charge >= 0.3 is 0 Å². The van der Waals surface area contributed by atoms with Crippen LogP contribution in [0, 0.1) is 5.82 Å². The number of hydrogen-bond acceptors (Lipinski definition) is 4. The van der Waals surface area contributed by atoms with Crippen molar-refractivity contribution in [3.8, 4) is 0 Å². The normalized spacial score (nSPS) is 15.7. The summed E-state index contributed by atoms with van der Waals surface area (Å²) < 4.78 is 14.0. The molecular formula is C22H26ClFN4O2. The molecule has 0 aliphatic carbocycles. The first-order valence-corrected chi connectivity index (χ1v) is 10.2. The van der Waals surface area contributed by atoms with Crippen LogP contribution in [-0.2, 0) is 11.3 Å². The van der Waals surface area contributed by atoms with E-state index in [4.69, 9.17) is 17.3 Å². The monoisotopic (exact) mass is 432 g/mol. The van der Waals surface area contributed by atoms with Crippen LogP contribution in [0.5, 0.6) is 0 Å². The molecule has 1 aliphatic rings. The minimum atomic E-state index is -0.445. The van der Waals surface area contributed by atoms with Crippen molar-refractivity contribution in [2.45, 2.75) is 19.5 Å². The van der Waals surface area contributed by atoms with E-state index in [1.54, 1.807) is 31.3 Å². The van der Waals surface area contributed by atoms with Crippen LogP contribution in [0.4, 0.5) is 10.1 Å². The van der Waals surface area contributed by atoms with Crippen molar-refractivity contribution in [3.05, 3.63) is 64.4 Å². The first-order chi connectivity index (χ1) is 14.3. The first kappa shape index (κ1) is 22.1. The van der Waals surface area contributed by atoms with E-state index in [2.05, 4.69) is 9.80 Å². The fraction of sp³-hybridized carbons (Fsp3) is 0.364. The van der Waals surface area contributed by atoms with Gasteiger partial charge in [0, 0.05) is 61.6 Å². The fourth-order valence-corrected chi connectivity index (χ4v) is 3.90. The second-order valence-corrected chi connectivity index (χ2v) is 7.91. The molecule has 30 heavy (non-hydrogen) atoms. The lowest BCUT2D eigenvalue weighted by Crippen LogP contribution is -2.54. The quantitative estimate of drug-likeness (QED) is 0.762. The molecule has 0 spiro atoms. The summed E-state index contributed by atoms with van der Waals surface area (Å²) in [5.41, 5.74) is 7.11. The number of amides is 2. The van der Waals surface area contributed by atoms with Crippen molar-refractivity contribution in [2.24, 2.45) is 5.73 Å². The summed E-state index contributed by atoms with van der Waals surface area (Å²) in [5, 5.41) is 0.318. The van der Waals surface area contributed by atoms with E-state index < -0.39 is 11.7 Å². The molecule has 0 bridgehead atoms. The first-order valence-electron chi connectivity index (χ1n) is 9.84. The molecule has 8 heteroatoms. The van der Waals surface area contributed by atoms with E-state index >= 15 is 0 Å². The number of primary amides is 1. The largest absolute Gasteiger partial charge is 0.369 e. The molecule has 0 radical (unpaired) electrons. The van der Waals surface area contributed by atoms with Gasteiger partial charge in [-0.15, -0.1) is 0 Å². The van der Waals surface area contributed by atoms with Crippen LogP contribution >= 0.6 is 11.6 Å². The molecule has 1 aliphatic heterocycles. The van der Waals surface area contributed by atoms with Gasteiger partial charge in [0.25, 0.3) is 0 Å². The predicted octanol–water partition coefficient (Wildman–Crippen LogP) is 2.75. The lowest BCUT2D eigenvalue weighted by Gasteiger charge is -2.39. The van der Waals surface area contributed by atoms with Crippen LogP contribution in [0.25, 0.3) is 0 Å². The molecule has 1 atom stereocenters. The molecule has 160 valence electrons. The average molecular weight is 433 g/mol. The zero-order valence-electron chi connectivity index (χ0n) is 17.1. The Morgan fingerprint density at radius 3 is 2.33 bits per heavy atom. The fourth-order valence-electron chi connectivity index (χ4n) is 3.68. The highest BCUT2D eigenvalue weighted by Crippen LogP contribution is 2.22. The molecule has 3 rings (SSSR count). The Bertz CT molecular complexity index is 894. The summed E-state index contributed by atoms with van der Waals surface area (Å²) in [5.74, 6) is -0.932. The third-order valence-corrected chi connectivity index (χ3v) is 5.92. The Morgan fingerprint density at radius 1 is 1.13 bits per heavy atom. The van der Waals surface area contributed by atoms with Crippen molar-refractivity contribution in [2.75, 3.05) is 38.1 Å². The summed E-state index contributed by atoms with van der Waals surface area (Å²) in [7, 11) is 1.66. The van der Waals surface area contributed by atoms with Crippen LogP contribution in [0.1, 0.15) is 22.8 Å². The lowest BCUT2D eigenvalue weighted by atomic mass is 10.1. The highest BCUT2D eigenvalue weighted by Gasteiger charge is 2.28. The van der Waals surface area contributed by atoms with Gasteiger partial charge in [-0.05, 0) is 43.3 Å². The number of nitrogens with two attached hydrogens (primary N) is 1. The SMILES string of the molecule is CC(C(=O)N(C)Cc1c(F)cccc1Cl)N1CCN(c2ccc(C(N)=O)cc2)CC1. The van der Waals surface area contributed by atoms with Crippen LogP contribution in [0.2, 0.25) is 5.02 Å². The zero-order valence-corrected chi connectivity index (χ0v) is 17.9. The van der Waals surface area contributed by atoms with Crippen LogP contribution in [0.15, 0.2) is 42.5 Å². The molecule has 1 unspecified atom stereocenters. The maximum Gasteiger partial charge on any atom is 0.248 e. The summed E-state index contributed by atoms with van der Waals surface area (Å²) >= 11 is 6.09. The number of likely N-dealkylation sites (N-methyl/N-ethyl adjacent to an activating group) is 1. The van der Waals surface area contributed by atoms with Crippen molar-refractivity contribution in [1.29, 1.82) is 0 Å². The molecule has 2 amide bonds. The third kappa shape index (κ3) is 4.91. The van der Waals surface area contributed by atoms with Crippen LogP contribution in [-0.4, -0.2) is 60.9 Å². The number of nitrogens with zero attached hydrogens (tertiary/aromatic N) is 3. The Morgan fingerprint density at radius 2 is 1.77 bits per heavy atom. The standard InChI is InChI=1S/C22H26ClFN4O2/c1-15(22(30)26(2)14-18-19(23)4-3-5-20(18)24)27-10-12-28(13-11-27)17-8-6-16(7-9-17)21(25)29/h3-9,15H,10-14H2,1-2H3,(H2,25,29). The molecule has 1 heterocycles. The molecule has 2 aromatic rings. The van der Waals surface area contributed by atoms with Gasteiger partial charge in [-0.1, -0.05) is 17.7 Å². The van der Waals surface area contributed by atoms with Gasteiger partial charge in [-0.2, -0.15) is 0 Å². The van der Waals surface area contributed by atoms with Gasteiger partial charge in [0.1, 0.15) is 5.82 Å². The number of carbonyl (C=O) groups is 2. The lowest BCUT2D eigenvalue weighted by molar-refractivity contribution is -0.135. The minimum Gasteiger partial charge on any atom is -0.369 e. The van der Waals surface area contributed by atoms with E-state index in [0.717, 1.165) is 31.9 Å². The maximum absolute atomic E-state index is 14.0. The van der Waals surface area contributed by atoms with Crippen molar-refractivity contribution < 1.29 is 14.0 Å². The van der Waals surface area contributed by atoms with Gasteiger partial charge in [-0.3, -0.25) is 14.5 Å². The second-order valence-electron chi connectivity index (χ2n) is 7.50. The molecule has 0 saturated carbocycles. The van der Waals surface area contributed by atoms with Gasteiger partial charge in [-0.25, -0.2) is 4.39 Å². The Balaban J connectivity index is 1.57. The van der Waals surface area contributed by atoms with E-state index in [1.807, 2.05) is 19.1 Å². The van der Waals surface area contributed by atoms with Crippen molar-refractivity contribution in [1.82, 2.24) is 9.80 Å². The number of piperazine rings is 1. The Labute approximate surface area is 181 Å². The highest BCUT2D eigenvalue weighted by molar-refractivity contribution is 6.31. The Kier molecular flexibility index (Phi) is 6.95. The molecule has 2 aromatic carbocycles. The van der Waals surface area contributed by atoms with E-state index in [-0.39, 0.29) is 18.5 Å². The molecule has 1 saturated heterocycles. The smallest absolute Gasteiger partial charge is 0.248 e. The number of rotatable bonds is 6. The molecule has 0 aromatic heterocycles. The van der Waals surface area contributed by atoms with E-state index in [9.17, 15) is 14.0 Å². The maximum atomic E-state index is 14.0. The van der Waals surface area contributed by atoms with Gasteiger partial charge in [0.15, 0.2) is 0 Å². The topological polar surface area (TPSA) is 69.9 Å². The summed E-state index contributed by atoms with van der Waals surface area (Å²) in [4.78, 5) is 29.9. The molecule has 1 fully saturated rings. The van der Waals surface area contributed by atoms with E-state index in [1.165, 1.54) is 11.0 Å². The van der Waals surface area contributed by atoms with Crippen LogP contribution < -0.4 is 10.6 Å². The number of benzene rings is 2. The number of hydrogen-bond donors (Lipinski definition) is 1. The van der Waals surface area contributed by atoms with Gasteiger partial charge < -0.3 is 15.5 Å².